The van der Waals surface area contributed by atoms with Crippen molar-refractivity contribution < 1.29 is 0 Å². The number of rotatable bonds is 5. The lowest BCUT2D eigenvalue weighted by Gasteiger charge is -2.08. The second-order valence-corrected chi connectivity index (χ2v) is 5.95. The summed E-state index contributed by atoms with van der Waals surface area (Å²) in [5.41, 5.74) is 12.5. The zero-order valence-corrected chi connectivity index (χ0v) is 12.5. The van der Waals surface area contributed by atoms with Crippen molar-refractivity contribution in [1.29, 1.82) is 0 Å². The molecule has 100 valence electrons. The van der Waals surface area contributed by atoms with Crippen LogP contribution in [0.3, 0.4) is 0 Å². The Bertz CT molecular complexity index is 528. The van der Waals surface area contributed by atoms with Crippen LogP contribution in [0.15, 0.2) is 42.5 Å². The highest BCUT2D eigenvalue weighted by atomic mass is 32.2. The first kappa shape index (κ1) is 14.2. The largest absolute Gasteiger partial charge is 0.326 e. The minimum atomic E-state index is 0.625. The Morgan fingerprint density at radius 3 is 2.16 bits per heavy atom. The third-order valence-electron chi connectivity index (χ3n) is 3.15. The van der Waals surface area contributed by atoms with Gasteiger partial charge in [-0.15, -0.1) is 0 Å². The fraction of sp³-hybridized carbons (Fsp3) is 0.294. The number of benzene rings is 2. The molecule has 0 unspecified atom stereocenters. The first-order valence-corrected chi connectivity index (χ1v) is 7.76. The average Bonchev–Trinajstić information content (AvgIpc) is 2.38. The van der Waals surface area contributed by atoms with Crippen molar-refractivity contribution in [3.05, 3.63) is 70.3 Å². The van der Waals surface area contributed by atoms with Crippen LogP contribution in [0.4, 0.5) is 0 Å². The van der Waals surface area contributed by atoms with Gasteiger partial charge in [-0.1, -0.05) is 53.6 Å². The Morgan fingerprint density at radius 1 is 0.895 bits per heavy atom. The maximum absolute atomic E-state index is 5.76. The molecule has 0 heterocycles. The maximum atomic E-state index is 5.76. The zero-order chi connectivity index (χ0) is 13.7. The second-order valence-electron chi connectivity index (χ2n) is 4.96. The third kappa shape index (κ3) is 4.12. The molecule has 0 radical (unpaired) electrons. The molecule has 2 aromatic rings. The molecule has 19 heavy (non-hydrogen) atoms. The Labute approximate surface area is 120 Å². The second kappa shape index (κ2) is 6.78. The molecule has 0 saturated heterocycles. The molecule has 0 bridgehead atoms. The quantitative estimate of drug-likeness (QED) is 0.882. The van der Waals surface area contributed by atoms with Crippen molar-refractivity contribution in [3.63, 3.8) is 0 Å². The lowest BCUT2D eigenvalue weighted by molar-refractivity contribution is 1.04. The van der Waals surface area contributed by atoms with Crippen LogP contribution in [0.2, 0.25) is 0 Å². The summed E-state index contributed by atoms with van der Waals surface area (Å²) in [5, 5.41) is 0. The predicted molar refractivity (Wildman–Crippen MR) is 85.2 cm³/mol. The maximum Gasteiger partial charge on any atom is 0.0191 e. The fourth-order valence-electron chi connectivity index (χ4n) is 2.33. The monoisotopic (exact) mass is 271 g/mol. The molecule has 0 aliphatic heterocycles. The summed E-state index contributed by atoms with van der Waals surface area (Å²) in [6.07, 6.45) is 0. The Balaban J connectivity index is 1.96. The van der Waals surface area contributed by atoms with E-state index < -0.39 is 0 Å². The van der Waals surface area contributed by atoms with Gasteiger partial charge in [-0.2, -0.15) is 11.8 Å². The summed E-state index contributed by atoms with van der Waals surface area (Å²) in [6, 6.07) is 15.2. The number of aryl methyl sites for hydroxylation is 2. The van der Waals surface area contributed by atoms with E-state index in [1.807, 2.05) is 11.8 Å². The van der Waals surface area contributed by atoms with Crippen LogP contribution in [-0.2, 0) is 18.1 Å². The number of hydrogen-bond acceptors (Lipinski definition) is 2. The summed E-state index contributed by atoms with van der Waals surface area (Å²) in [5.74, 6) is 2.09. The van der Waals surface area contributed by atoms with Gasteiger partial charge in [0.2, 0.25) is 0 Å². The van der Waals surface area contributed by atoms with Crippen LogP contribution in [0.1, 0.15) is 27.8 Å². The van der Waals surface area contributed by atoms with E-state index in [0.29, 0.717) is 6.54 Å². The van der Waals surface area contributed by atoms with Crippen LogP contribution < -0.4 is 5.73 Å². The van der Waals surface area contributed by atoms with Crippen LogP contribution in [-0.4, -0.2) is 0 Å². The zero-order valence-electron chi connectivity index (χ0n) is 11.6. The van der Waals surface area contributed by atoms with Gasteiger partial charge in [-0.25, -0.2) is 0 Å². The van der Waals surface area contributed by atoms with E-state index in [2.05, 4.69) is 56.3 Å². The highest BCUT2D eigenvalue weighted by Gasteiger charge is 2.01. The van der Waals surface area contributed by atoms with Gasteiger partial charge < -0.3 is 5.73 Å². The van der Waals surface area contributed by atoms with E-state index >= 15 is 0 Å². The van der Waals surface area contributed by atoms with Gasteiger partial charge in [0, 0.05) is 18.1 Å². The van der Waals surface area contributed by atoms with Gasteiger partial charge in [0.15, 0.2) is 0 Å². The summed E-state index contributed by atoms with van der Waals surface area (Å²) >= 11 is 1.95. The molecule has 0 saturated carbocycles. The first-order valence-electron chi connectivity index (χ1n) is 6.61. The normalized spacial score (nSPS) is 10.7. The topological polar surface area (TPSA) is 26.0 Å². The van der Waals surface area contributed by atoms with E-state index in [1.54, 1.807) is 0 Å². The van der Waals surface area contributed by atoms with E-state index in [0.717, 1.165) is 11.5 Å². The molecule has 0 fully saturated rings. The van der Waals surface area contributed by atoms with Crippen LogP contribution in [0.5, 0.6) is 0 Å². The molecule has 0 atom stereocenters. The van der Waals surface area contributed by atoms with Crippen LogP contribution >= 0.6 is 11.8 Å². The Hall–Kier alpha value is -1.25. The number of hydrogen-bond donors (Lipinski definition) is 1. The van der Waals surface area contributed by atoms with Gasteiger partial charge in [0.25, 0.3) is 0 Å². The lowest BCUT2D eigenvalue weighted by atomic mass is 10.1. The summed E-state index contributed by atoms with van der Waals surface area (Å²) < 4.78 is 0. The van der Waals surface area contributed by atoms with E-state index in [9.17, 15) is 0 Å². The van der Waals surface area contributed by atoms with Crippen molar-refractivity contribution >= 4 is 11.8 Å². The minimum absolute atomic E-state index is 0.625. The SMILES string of the molecule is Cc1cc(C)cc(CSCc2ccccc2CN)c1. The summed E-state index contributed by atoms with van der Waals surface area (Å²) in [4.78, 5) is 0. The van der Waals surface area contributed by atoms with E-state index in [-0.39, 0.29) is 0 Å². The predicted octanol–water partition coefficient (Wildman–Crippen LogP) is 4.20. The molecule has 2 aromatic carbocycles. The highest BCUT2D eigenvalue weighted by Crippen LogP contribution is 2.21. The average molecular weight is 271 g/mol. The van der Waals surface area contributed by atoms with Crippen LogP contribution in [0, 0.1) is 13.8 Å². The highest BCUT2D eigenvalue weighted by molar-refractivity contribution is 7.97. The third-order valence-corrected chi connectivity index (χ3v) is 4.20. The molecule has 2 rings (SSSR count). The van der Waals surface area contributed by atoms with E-state index in [1.165, 1.54) is 27.8 Å². The molecular formula is C17H21NS. The minimum Gasteiger partial charge on any atom is -0.326 e. The standard InChI is InChI=1S/C17H21NS/c1-13-7-14(2)9-15(8-13)11-19-12-17-6-4-3-5-16(17)10-18/h3-9H,10-12,18H2,1-2H3. The molecule has 0 aliphatic carbocycles. The smallest absolute Gasteiger partial charge is 0.0191 e. The first-order chi connectivity index (χ1) is 9.19. The molecular weight excluding hydrogens is 250 g/mol. The van der Waals surface area contributed by atoms with Crippen molar-refractivity contribution in [2.45, 2.75) is 31.9 Å². The lowest BCUT2D eigenvalue weighted by Crippen LogP contribution is -2.00. The number of thioether (sulfide) groups is 1. The fourth-order valence-corrected chi connectivity index (χ4v) is 3.33. The molecule has 2 N–H and O–H groups in total. The van der Waals surface area contributed by atoms with E-state index in [4.69, 9.17) is 5.73 Å². The molecule has 0 aromatic heterocycles. The molecule has 0 spiro atoms. The van der Waals surface area contributed by atoms with Gasteiger partial charge in [-0.05, 0) is 30.5 Å². The summed E-state index contributed by atoms with van der Waals surface area (Å²) in [6.45, 7) is 4.94. The molecule has 2 heteroatoms. The number of nitrogens with two attached hydrogens (primary N) is 1. The van der Waals surface area contributed by atoms with Gasteiger partial charge in [0.1, 0.15) is 0 Å². The van der Waals surface area contributed by atoms with Crippen molar-refractivity contribution in [2.24, 2.45) is 5.73 Å². The summed E-state index contributed by atoms with van der Waals surface area (Å²) in [7, 11) is 0. The van der Waals surface area contributed by atoms with Crippen molar-refractivity contribution in [3.8, 4) is 0 Å². The molecule has 0 amide bonds. The van der Waals surface area contributed by atoms with Gasteiger partial charge in [0.05, 0.1) is 0 Å². The Morgan fingerprint density at radius 2 is 1.53 bits per heavy atom. The van der Waals surface area contributed by atoms with Crippen LogP contribution in [0.25, 0.3) is 0 Å². The molecule has 0 aliphatic rings. The van der Waals surface area contributed by atoms with Crippen molar-refractivity contribution in [2.75, 3.05) is 0 Å². The van der Waals surface area contributed by atoms with Gasteiger partial charge >= 0.3 is 0 Å². The van der Waals surface area contributed by atoms with Gasteiger partial charge in [-0.3, -0.25) is 0 Å². The Kier molecular flexibility index (Phi) is 5.06. The molecule has 1 nitrogen and oxygen atoms in total. The van der Waals surface area contributed by atoms with Crippen molar-refractivity contribution in [1.82, 2.24) is 0 Å².